The second kappa shape index (κ2) is 16.5. The maximum atomic E-state index is 13.6. The quantitative estimate of drug-likeness (QED) is 0.342. The van der Waals surface area contributed by atoms with Gasteiger partial charge in [-0.05, 0) is 30.7 Å². The number of amides is 5. The average molecular weight is 678 g/mol. The third-order valence-electron chi connectivity index (χ3n) is 8.36. The van der Waals surface area contributed by atoms with Crippen molar-refractivity contribution in [2.45, 2.75) is 70.9 Å². The molecule has 5 rings (SSSR count). The number of hydrogen-bond acceptors (Lipinski definition) is 9. The molecule has 0 saturated carbocycles. The molecule has 0 aliphatic carbocycles. The summed E-state index contributed by atoms with van der Waals surface area (Å²) in [5.41, 5.74) is 1.15. The Morgan fingerprint density at radius 1 is 0.979 bits per heavy atom. The van der Waals surface area contributed by atoms with Crippen LogP contribution in [0.2, 0.25) is 0 Å². The van der Waals surface area contributed by atoms with E-state index in [0.717, 1.165) is 24.8 Å². The Hall–Kier alpha value is -4.59. The molecule has 13 nitrogen and oxygen atoms in total. The van der Waals surface area contributed by atoms with Crippen molar-refractivity contribution in [3.8, 4) is 0 Å². The average Bonchev–Trinajstić information content (AvgIpc) is 3.71. The number of carbonyl (C=O) groups is 5. The van der Waals surface area contributed by atoms with Crippen LogP contribution in [-0.2, 0) is 20.8 Å². The third-order valence-corrected chi connectivity index (χ3v) is 9.32. The van der Waals surface area contributed by atoms with Gasteiger partial charge in [0.1, 0.15) is 23.0 Å². The van der Waals surface area contributed by atoms with Crippen molar-refractivity contribution in [1.82, 2.24) is 35.7 Å². The van der Waals surface area contributed by atoms with Gasteiger partial charge < -0.3 is 30.2 Å². The van der Waals surface area contributed by atoms with E-state index in [1.165, 1.54) is 22.5 Å². The molecule has 2 aliphatic heterocycles. The highest BCUT2D eigenvalue weighted by Gasteiger charge is 2.28. The third kappa shape index (κ3) is 9.49. The summed E-state index contributed by atoms with van der Waals surface area (Å²) in [7, 11) is 0. The van der Waals surface area contributed by atoms with Crippen LogP contribution >= 0.6 is 11.3 Å². The second-order valence-corrected chi connectivity index (χ2v) is 13.5. The first-order chi connectivity index (χ1) is 23.2. The Labute approximate surface area is 283 Å². The molecule has 2 aromatic heterocycles. The van der Waals surface area contributed by atoms with Gasteiger partial charge in [-0.1, -0.05) is 50.6 Å². The number of rotatable bonds is 7. The molecule has 0 radical (unpaired) electrons. The van der Waals surface area contributed by atoms with Gasteiger partial charge in [-0.2, -0.15) is 0 Å². The molecule has 0 unspecified atom stereocenters. The molecule has 5 amide bonds. The molecular formula is C34H43N7O6S. The molecule has 14 heteroatoms. The SMILES string of the molecule is CC(C)C[C@@H]1NC(=O)c2coc(n2)[C@H](Cc2ccccc2)NC(=O)CN(C(=O)CCN2CCCCCC2=O)CCNC(=O)c2csc1n2. The lowest BCUT2D eigenvalue weighted by Gasteiger charge is -2.26. The summed E-state index contributed by atoms with van der Waals surface area (Å²) in [6.45, 7) is 4.79. The fourth-order valence-corrected chi connectivity index (χ4v) is 6.71. The van der Waals surface area contributed by atoms with E-state index in [1.54, 1.807) is 10.3 Å². The Morgan fingerprint density at radius 3 is 2.58 bits per heavy atom. The van der Waals surface area contributed by atoms with Crippen molar-refractivity contribution in [1.29, 1.82) is 0 Å². The number of thiazole rings is 1. The van der Waals surface area contributed by atoms with Crippen molar-refractivity contribution >= 4 is 40.9 Å². The van der Waals surface area contributed by atoms with Crippen LogP contribution in [0.25, 0.3) is 0 Å². The highest BCUT2D eigenvalue weighted by molar-refractivity contribution is 7.09. The monoisotopic (exact) mass is 677 g/mol. The number of nitrogens with zero attached hydrogens (tertiary/aromatic N) is 4. The number of likely N-dealkylation sites (tertiary alicyclic amines) is 1. The fourth-order valence-electron chi connectivity index (χ4n) is 5.84. The van der Waals surface area contributed by atoms with Gasteiger partial charge in [0.15, 0.2) is 5.69 Å². The first kappa shape index (κ1) is 34.7. The maximum absolute atomic E-state index is 13.6. The number of nitrogens with one attached hydrogen (secondary N) is 3. The number of benzene rings is 1. The van der Waals surface area contributed by atoms with Crippen LogP contribution < -0.4 is 16.0 Å². The summed E-state index contributed by atoms with van der Waals surface area (Å²) >= 11 is 1.28. The van der Waals surface area contributed by atoms with Gasteiger partial charge in [0.2, 0.25) is 23.6 Å². The number of carbonyl (C=O) groups excluding carboxylic acids is 5. The molecule has 1 saturated heterocycles. The standard InChI is InChI=1S/C34H43N7O6S/c1-22(2)17-25-34-39-27(21-48-34)31(45)35-13-16-41(30(44)12-15-40-14-8-4-7-11-29(40)43)19-28(42)36-24(18-23-9-5-3-6-10-23)33-38-26(20-47-33)32(46)37-25/h3,5-6,9-10,20-22,24-25H,4,7-8,11-19H2,1-2H3,(H,35,45)(H,36,42)(H,37,46)/t24-,25-/m0/s1. The van der Waals surface area contributed by atoms with Crippen LogP contribution in [-0.4, -0.2) is 82.0 Å². The van der Waals surface area contributed by atoms with E-state index in [1.807, 2.05) is 44.2 Å². The zero-order valence-corrected chi connectivity index (χ0v) is 28.2. The van der Waals surface area contributed by atoms with Crippen molar-refractivity contribution in [3.05, 3.63) is 69.8 Å². The molecule has 3 aromatic rings. The Balaban J connectivity index is 1.41. The highest BCUT2D eigenvalue weighted by Crippen LogP contribution is 2.26. The zero-order chi connectivity index (χ0) is 34.0. The van der Waals surface area contributed by atoms with Gasteiger partial charge in [-0.25, -0.2) is 9.97 Å². The summed E-state index contributed by atoms with van der Waals surface area (Å²) in [6.07, 6.45) is 5.39. The minimum Gasteiger partial charge on any atom is -0.446 e. The topological polar surface area (TPSA) is 167 Å². The predicted octanol–water partition coefficient (Wildman–Crippen LogP) is 3.41. The van der Waals surface area contributed by atoms with Crippen molar-refractivity contribution in [2.24, 2.45) is 5.92 Å². The molecule has 2 atom stereocenters. The molecule has 48 heavy (non-hydrogen) atoms. The number of oxazole rings is 1. The lowest BCUT2D eigenvalue weighted by Crippen LogP contribution is -2.46. The number of fused-ring (bicyclic) bond motifs is 4. The highest BCUT2D eigenvalue weighted by atomic mass is 32.1. The molecule has 2 aliphatic rings. The minimum atomic E-state index is -0.736. The maximum Gasteiger partial charge on any atom is 0.273 e. The molecule has 256 valence electrons. The first-order valence-electron chi connectivity index (χ1n) is 16.5. The van der Waals surface area contributed by atoms with E-state index in [9.17, 15) is 24.0 Å². The predicted molar refractivity (Wildman–Crippen MR) is 178 cm³/mol. The lowest BCUT2D eigenvalue weighted by molar-refractivity contribution is -0.137. The van der Waals surface area contributed by atoms with Gasteiger partial charge in [0.05, 0.1) is 12.6 Å². The van der Waals surface area contributed by atoms with E-state index in [-0.39, 0.29) is 67.6 Å². The number of aromatic nitrogens is 2. The van der Waals surface area contributed by atoms with Gasteiger partial charge in [-0.3, -0.25) is 24.0 Å². The zero-order valence-electron chi connectivity index (χ0n) is 27.4. The lowest BCUT2D eigenvalue weighted by atomic mass is 10.0. The summed E-state index contributed by atoms with van der Waals surface area (Å²) < 4.78 is 5.77. The molecular weight excluding hydrogens is 634 g/mol. The summed E-state index contributed by atoms with van der Waals surface area (Å²) in [6, 6.07) is 8.28. The molecule has 4 heterocycles. The summed E-state index contributed by atoms with van der Waals surface area (Å²) in [4.78, 5) is 78.2. The van der Waals surface area contributed by atoms with Crippen molar-refractivity contribution in [2.75, 3.05) is 32.7 Å². The molecule has 3 N–H and O–H groups in total. The summed E-state index contributed by atoms with van der Waals surface area (Å²) in [5.74, 6) is -1.27. The molecule has 0 spiro atoms. The fraction of sp³-hybridized carbons (Fsp3) is 0.500. The van der Waals surface area contributed by atoms with Crippen LogP contribution in [0, 0.1) is 5.92 Å². The van der Waals surface area contributed by atoms with Crippen LogP contribution in [0.15, 0.2) is 46.4 Å². The van der Waals surface area contributed by atoms with Gasteiger partial charge in [-0.15, -0.1) is 11.3 Å². The molecule has 1 aromatic carbocycles. The second-order valence-electron chi connectivity index (χ2n) is 12.6. The van der Waals surface area contributed by atoms with E-state index < -0.39 is 29.8 Å². The normalized spacial score (nSPS) is 20.0. The van der Waals surface area contributed by atoms with E-state index >= 15 is 0 Å². The molecule has 4 bridgehead atoms. The van der Waals surface area contributed by atoms with Gasteiger partial charge >= 0.3 is 0 Å². The smallest absolute Gasteiger partial charge is 0.273 e. The minimum absolute atomic E-state index is 0.0334. The Bertz CT molecular complexity index is 1590. The first-order valence-corrected chi connectivity index (χ1v) is 17.4. The van der Waals surface area contributed by atoms with Crippen LogP contribution in [0.4, 0.5) is 0 Å². The largest absolute Gasteiger partial charge is 0.446 e. The van der Waals surface area contributed by atoms with Crippen molar-refractivity contribution in [3.63, 3.8) is 0 Å². The molecule has 1 fully saturated rings. The van der Waals surface area contributed by atoms with E-state index in [2.05, 4.69) is 25.9 Å². The summed E-state index contributed by atoms with van der Waals surface area (Å²) in [5, 5.41) is 11.0. The number of hydrogen-bond donors (Lipinski definition) is 3. The Morgan fingerprint density at radius 2 is 1.79 bits per heavy atom. The van der Waals surface area contributed by atoms with Gasteiger partial charge in [0, 0.05) is 50.8 Å². The van der Waals surface area contributed by atoms with Gasteiger partial charge in [0.25, 0.3) is 11.8 Å². The van der Waals surface area contributed by atoms with E-state index in [4.69, 9.17) is 4.42 Å². The van der Waals surface area contributed by atoms with Crippen molar-refractivity contribution < 1.29 is 28.4 Å². The Kier molecular flexibility index (Phi) is 11.9. The van der Waals surface area contributed by atoms with E-state index in [0.29, 0.717) is 30.8 Å². The van der Waals surface area contributed by atoms with Crippen LogP contribution in [0.3, 0.4) is 0 Å². The van der Waals surface area contributed by atoms with Crippen LogP contribution in [0.5, 0.6) is 0 Å². The van der Waals surface area contributed by atoms with Crippen LogP contribution in [0.1, 0.15) is 102 Å².